The van der Waals surface area contributed by atoms with Crippen LogP contribution in [0, 0.1) is 0 Å². The molecular weight excluding hydrogens is 204 g/mol. The second-order valence-corrected chi connectivity index (χ2v) is 3.53. The first-order valence-electron chi connectivity index (χ1n) is 5.92. The molecule has 0 radical (unpaired) electrons. The molecule has 0 saturated heterocycles. The fourth-order valence-corrected chi connectivity index (χ4v) is 1.17. The van der Waals surface area contributed by atoms with Crippen LogP contribution in [0.25, 0.3) is 0 Å². The van der Waals surface area contributed by atoms with Crippen LogP contribution in [0.1, 0.15) is 25.7 Å². The highest BCUT2D eigenvalue weighted by Crippen LogP contribution is 1.94. The van der Waals surface area contributed by atoms with E-state index in [9.17, 15) is 0 Å². The molecule has 0 aliphatic heterocycles. The molecule has 16 heavy (non-hydrogen) atoms. The maximum Gasteiger partial charge on any atom is 0.0483 e. The first-order chi connectivity index (χ1) is 7.91. The predicted octanol–water partition coefficient (Wildman–Crippen LogP) is 1.98. The Morgan fingerprint density at radius 1 is 0.625 bits per heavy atom. The van der Waals surface area contributed by atoms with Crippen LogP contribution in [0.2, 0.25) is 0 Å². The van der Waals surface area contributed by atoms with E-state index in [1.807, 2.05) is 0 Å². The molecule has 0 aliphatic carbocycles. The van der Waals surface area contributed by atoms with Crippen molar-refractivity contribution in [3.05, 3.63) is 0 Å². The lowest BCUT2D eigenvalue weighted by molar-refractivity contribution is 0.102. The topological polar surface area (TPSA) is 43.2 Å². The van der Waals surface area contributed by atoms with E-state index in [0.717, 1.165) is 65.2 Å². The van der Waals surface area contributed by atoms with Crippen molar-refractivity contribution < 1.29 is 9.47 Å². The summed E-state index contributed by atoms with van der Waals surface area (Å²) in [5.41, 5.74) is 0. The molecule has 4 nitrogen and oxygen atoms in total. The van der Waals surface area contributed by atoms with Gasteiger partial charge in [-0.25, -0.2) is 0 Å². The van der Waals surface area contributed by atoms with Gasteiger partial charge >= 0.3 is 0 Å². The number of unbranched alkanes of at least 4 members (excludes halogenated alkanes) is 1. The van der Waals surface area contributed by atoms with Gasteiger partial charge in [0, 0.05) is 39.5 Å². The van der Waals surface area contributed by atoms with Crippen molar-refractivity contribution in [2.45, 2.75) is 25.7 Å². The van der Waals surface area contributed by atoms with Crippen LogP contribution in [-0.2, 0) is 9.47 Å². The Labute approximate surface area is 98.8 Å². The fraction of sp³-hybridized carbons (Fsp3) is 0.833. The average molecular weight is 228 g/mol. The van der Waals surface area contributed by atoms with Gasteiger partial charge in [0.1, 0.15) is 0 Å². The van der Waals surface area contributed by atoms with Crippen molar-refractivity contribution in [3.63, 3.8) is 0 Å². The lowest BCUT2D eigenvalue weighted by Crippen LogP contribution is -2.02. The molecule has 0 aromatic rings. The molecular formula is C12H24N2O2. The van der Waals surface area contributed by atoms with Gasteiger partial charge in [-0.1, -0.05) is 0 Å². The molecule has 0 N–H and O–H groups in total. The molecule has 0 amide bonds. The third-order valence-electron chi connectivity index (χ3n) is 2.04. The molecule has 0 aromatic carbocycles. The molecule has 0 fully saturated rings. The summed E-state index contributed by atoms with van der Waals surface area (Å²) in [7, 11) is 0. The van der Waals surface area contributed by atoms with Crippen LogP contribution < -0.4 is 0 Å². The molecule has 0 aromatic heterocycles. The van der Waals surface area contributed by atoms with Gasteiger partial charge in [-0.2, -0.15) is 0 Å². The summed E-state index contributed by atoms with van der Waals surface area (Å²) in [5, 5.41) is 0. The first kappa shape index (κ1) is 15.3. The van der Waals surface area contributed by atoms with Gasteiger partial charge in [-0.15, -0.1) is 0 Å². The second kappa shape index (κ2) is 14.3. The number of rotatable bonds is 13. The van der Waals surface area contributed by atoms with Crippen molar-refractivity contribution in [2.24, 2.45) is 9.98 Å². The summed E-state index contributed by atoms with van der Waals surface area (Å²) in [4.78, 5) is 7.51. The third-order valence-corrected chi connectivity index (χ3v) is 2.04. The molecule has 0 rings (SSSR count). The quantitative estimate of drug-likeness (QED) is 0.357. The summed E-state index contributed by atoms with van der Waals surface area (Å²) in [5.74, 6) is 0. The van der Waals surface area contributed by atoms with Crippen LogP contribution in [-0.4, -0.2) is 53.0 Å². The first-order valence-corrected chi connectivity index (χ1v) is 5.92. The number of nitrogens with zero attached hydrogens (tertiary/aromatic N) is 2. The Morgan fingerprint density at radius 3 is 1.38 bits per heavy atom. The van der Waals surface area contributed by atoms with Gasteiger partial charge in [-0.3, -0.25) is 0 Å². The zero-order valence-corrected chi connectivity index (χ0v) is 10.2. The molecule has 0 saturated carbocycles. The summed E-state index contributed by atoms with van der Waals surface area (Å²) < 4.78 is 10.8. The van der Waals surface area contributed by atoms with Crippen LogP contribution in [0.3, 0.4) is 0 Å². The van der Waals surface area contributed by atoms with E-state index in [-0.39, 0.29) is 0 Å². The zero-order chi connectivity index (χ0) is 11.9. The number of aliphatic imine (C=N–C) groups is 2. The van der Waals surface area contributed by atoms with Crippen LogP contribution in [0.5, 0.6) is 0 Å². The molecule has 0 spiro atoms. The lowest BCUT2D eigenvalue weighted by atomic mass is 10.3. The van der Waals surface area contributed by atoms with E-state index < -0.39 is 0 Å². The highest BCUT2D eigenvalue weighted by Gasteiger charge is 1.91. The maximum atomic E-state index is 5.41. The van der Waals surface area contributed by atoms with Crippen molar-refractivity contribution in [2.75, 3.05) is 39.5 Å². The minimum absolute atomic E-state index is 0.783. The zero-order valence-electron chi connectivity index (χ0n) is 10.2. The van der Waals surface area contributed by atoms with Gasteiger partial charge in [0.2, 0.25) is 0 Å². The normalized spacial score (nSPS) is 10.2. The minimum Gasteiger partial charge on any atom is -0.381 e. The molecule has 0 bridgehead atoms. The summed E-state index contributed by atoms with van der Waals surface area (Å²) >= 11 is 0. The Kier molecular flexibility index (Phi) is 13.6. The number of hydrogen-bond acceptors (Lipinski definition) is 4. The predicted molar refractivity (Wildman–Crippen MR) is 68.9 cm³/mol. The smallest absolute Gasteiger partial charge is 0.0483 e. The molecule has 0 heterocycles. The van der Waals surface area contributed by atoms with Gasteiger partial charge in [0.15, 0.2) is 0 Å². The molecule has 94 valence electrons. The Bertz CT molecular complexity index is 145. The summed E-state index contributed by atoms with van der Waals surface area (Å²) in [6.07, 6.45) is 4.05. The van der Waals surface area contributed by atoms with Crippen LogP contribution in [0.4, 0.5) is 0 Å². The molecule has 4 heteroatoms. The monoisotopic (exact) mass is 228 g/mol. The maximum absolute atomic E-state index is 5.41. The lowest BCUT2D eigenvalue weighted by Gasteiger charge is -2.04. The fourth-order valence-electron chi connectivity index (χ4n) is 1.17. The van der Waals surface area contributed by atoms with Gasteiger partial charge in [0.25, 0.3) is 0 Å². The van der Waals surface area contributed by atoms with E-state index >= 15 is 0 Å². The van der Waals surface area contributed by atoms with Gasteiger partial charge in [0.05, 0.1) is 0 Å². The van der Waals surface area contributed by atoms with Crippen LogP contribution in [0.15, 0.2) is 9.98 Å². The Balaban J connectivity index is 2.87. The van der Waals surface area contributed by atoms with Crippen molar-refractivity contribution >= 4 is 13.4 Å². The summed E-state index contributed by atoms with van der Waals surface area (Å²) in [6, 6.07) is 0. The number of ether oxygens (including phenoxy) is 2. The second-order valence-electron chi connectivity index (χ2n) is 3.53. The van der Waals surface area contributed by atoms with E-state index in [4.69, 9.17) is 9.47 Å². The standard InChI is InChI=1S/C12H24N2O2/c1-13-7-5-11-15-9-3-4-10-16-12-6-8-14-2/h1-12H2. The largest absolute Gasteiger partial charge is 0.381 e. The average Bonchev–Trinajstić information content (AvgIpc) is 2.31. The van der Waals surface area contributed by atoms with Gasteiger partial charge < -0.3 is 19.5 Å². The SMILES string of the molecule is C=NCCCOCCCCOCCCN=C. The van der Waals surface area contributed by atoms with Crippen molar-refractivity contribution in [3.8, 4) is 0 Å². The molecule has 0 atom stereocenters. The van der Waals surface area contributed by atoms with E-state index in [1.54, 1.807) is 0 Å². The summed E-state index contributed by atoms with van der Waals surface area (Å²) in [6.45, 7) is 11.6. The van der Waals surface area contributed by atoms with Crippen LogP contribution >= 0.6 is 0 Å². The Morgan fingerprint density at radius 2 is 1.00 bits per heavy atom. The van der Waals surface area contributed by atoms with Gasteiger partial charge in [-0.05, 0) is 39.1 Å². The van der Waals surface area contributed by atoms with Crippen molar-refractivity contribution in [1.82, 2.24) is 0 Å². The third kappa shape index (κ3) is 13.3. The number of hydrogen-bond donors (Lipinski definition) is 0. The highest BCUT2D eigenvalue weighted by molar-refractivity contribution is 5.23. The van der Waals surface area contributed by atoms with Crippen molar-refractivity contribution in [1.29, 1.82) is 0 Å². The van der Waals surface area contributed by atoms with E-state index in [0.29, 0.717) is 0 Å². The minimum atomic E-state index is 0.783. The van der Waals surface area contributed by atoms with E-state index in [2.05, 4.69) is 23.4 Å². The molecule has 0 aliphatic rings. The molecule has 0 unspecified atom stereocenters. The highest BCUT2D eigenvalue weighted by atomic mass is 16.5. The van der Waals surface area contributed by atoms with E-state index in [1.165, 1.54) is 0 Å². The Hall–Kier alpha value is -0.740.